The molecule has 0 radical (unpaired) electrons. The van der Waals surface area contributed by atoms with E-state index in [2.05, 4.69) is 24.0 Å². The Hall–Kier alpha value is -0.940. The first-order valence-corrected chi connectivity index (χ1v) is 7.93. The molecule has 0 aliphatic heterocycles. The number of hydrogen-bond acceptors (Lipinski definition) is 5. The summed E-state index contributed by atoms with van der Waals surface area (Å²) in [4.78, 5) is 4.34. The fourth-order valence-corrected chi connectivity index (χ4v) is 2.01. The fraction of sp³-hybridized carbons (Fsp3) is 0.867. The van der Waals surface area contributed by atoms with Gasteiger partial charge in [-0.25, -0.2) is 0 Å². The maximum Gasteiger partial charge on any atom is 0.226 e. The van der Waals surface area contributed by atoms with E-state index in [1.54, 1.807) is 0 Å². The first-order chi connectivity index (χ1) is 9.77. The third-order valence-electron chi connectivity index (χ3n) is 3.21. The van der Waals surface area contributed by atoms with Gasteiger partial charge in [0.25, 0.3) is 0 Å². The molecule has 0 fully saturated rings. The molecule has 1 unspecified atom stereocenters. The van der Waals surface area contributed by atoms with Gasteiger partial charge in [-0.05, 0) is 12.8 Å². The summed E-state index contributed by atoms with van der Waals surface area (Å²) in [5.41, 5.74) is 5.95. The first kappa shape index (κ1) is 17.1. The second kappa shape index (κ2) is 10.8. The highest BCUT2D eigenvalue weighted by atomic mass is 16.5. The highest BCUT2D eigenvalue weighted by Crippen LogP contribution is 2.11. The van der Waals surface area contributed by atoms with Gasteiger partial charge in [0.2, 0.25) is 5.89 Å². The van der Waals surface area contributed by atoms with Crippen LogP contribution in [0.3, 0.4) is 0 Å². The number of aromatic nitrogens is 2. The molecule has 0 aliphatic carbocycles. The number of aryl methyl sites for hydroxylation is 1. The van der Waals surface area contributed by atoms with Crippen LogP contribution in [0.1, 0.15) is 76.6 Å². The standard InChI is InChI=1S/C15H29N3O2/c1-3-5-6-7-8-9-10-14-17-15(18-20-14)13(16)12-19-11-4-2/h13H,3-12,16H2,1-2H3. The van der Waals surface area contributed by atoms with E-state index in [0.717, 1.165) is 25.9 Å². The zero-order chi connectivity index (χ0) is 14.6. The summed E-state index contributed by atoms with van der Waals surface area (Å²) < 4.78 is 10.6. The van der Waals surface area contributed by atoms with Gasteiger partial charge in [-0.3, -0.25) is 0 Å². The van der Waals surface area contributed by atoms with Gasteiger partial charge in [-0.15, -0.1) is 0 Å². The Labute approximate surface area is 122 Å². The van der Waals surface area contributed by atoms with Gasteiger partial charge in [-0.2, -0.15) is 4.98 Å². The zero-order valence-electron chi connectivity index (χ0n) is 12.9. The van der Waals surface area contributed by atoms with Crippen LogP contribution in [-0.2, 0) is 11.2 Å². The lowest BCUT2D eigenvalue weighted by atomic mass is 10.1. The zero-order valence-corrected chi connectivity index (χ0v) is 12.9. The van der Waals surface area contributed by atoms with Crippen LogP contribution in [0.2, 0.25) is 0 Å². The molecule has 2 N–H and O–H groups in total. The SMILES string of the molecule is CCCCCCCCc1nc(C(N)COCCC)no1. The Bertz CT molecular complexity index is 342. The van der Waals surface area contributed by atoms with Crippen molar-refractivity contribution in [3.05, 3.63) is 11.7 Å². The number of nitrogens with zero attached hydrogens (tertiary/aromatic N) is 2. The Morgan fingerprint density at radius 3 is 2.60 bits per heavy atom. The van der Waals surface area contributed by atoms with Crippen molar-refractivity contribution >= 4 is 0 Å². The second-order valence-corrected chi connectivity index (χ2v) is 5.25. The highest BCUT2D eigenvalue weighted by Gasteiger charge is 2.14. The molecule has 5 nitrogen and oxygen atoms in total. The van der Waals surface area contributed by atoms with Crippen molar-refractivity contribution in [2.24, 2.45) is 5.73 Å². The number of rotatable bonds is 12. The molecule has 1 heterocycles. The van der Waals surface area contributed by atoms with E-state index in [0.29, 0.717) is 18.3 Å². The topological polar surface area (TPSA) is 74.2 Å². The molecule has 0 saturated heterocycles. The van der Waals surface area contributed by atoms with Gasteiger partial charge < -0.3 is 15.0 Å². The van der Waals surface area contributed by atoms with E-state index in [9.17, 15) is 0 Å². The van der Waals surface area contributed by atoms with Crippen LogP contribution in [0.5, 0.6) is 0 Å². The molecule has 1 aromatic rings. The minimum absolute atomic E-state index is 0.288. The quantitative estimate of drug-likeness (QED) is 0.595. The maximum atomic E-state index is 5.95. The van der Waals surface area contributed by atoms with Gasteiger partial charge in [0.1, 0.15) is 0 Å². The molecule has 1 rings (SSSR count). The summed E-state index contributed by atoms with van der Waals surface area (Å²) in [6.45, 7) is 5.46. The Kier molecular flexibility index (Phi) is 9.24. The smallest absolute Gasteiger partial charge is 0.226 e. The van der Waals surface area contributed by atoms with Gasteiger partial charge in [0.05, 0.1) is 12.6 Å². The number of nitrogens with two attached hydrogens (primary N) is 1. The average Bonchev–Trinajstić information content (AvgIpc) is 2.92. The van der Waals surface area contributed by atoms with E-state index in [1.165, 1.54) is 32.1 Å². The largest absolute Gasteiger partial charge is 0.379 e. The van der Waals surface area contributed by atoms with Crippen LogP contribution >= 0.6 is 0 Å². The van der Waals surface area contributed by atoms with Crippen molar-refractivity contribution in [3.63, 3.8) is 0 Å². The van der Waals surface area contributed by atoms with Crippen LogP contribution in [0.25, 0.3) is 0 Å². The molecular weight excluding hydrogens is 254 g/mol. The lowest BCUT2D eigenvalue weighted by Gasteiger charge is -2.06. The maximum absolute atomic E-state index is 5.95. The Balaban J connectivity index is 2.18. The van der Waals surface area contributed by atoms with E-state index in [4.69, 9.17) is 15.0 Å². The molecule has 0 amide bonds. The van der Waals surface area contributed by atoms with Crippen LogP contribution in [0, 0.1) is 0 Å². The van der Waals surface area contributed by atoms with Crippen molar-refractivity contribution in [1.82, 2.24) is 10.1 Å². The third-order valence-corrected chi connectivity index (χ3v) is 3.21. The second-order valence-electron chi connectivity index (χ2n) is 5.25. The van der Waals surface area contributed by atoms with E-state index in [1.807, 2.05) is 0 Å². The average molecular weight is 283 g/mol. The lowest BCUT2D eigenvalue weighted by molar-refractivity contribution is 0.119. The molecule has 1 aromatic heterocycles. The van der Waals surface area contributed by atoms with Crippen molar-refractivity contribution in [3.8, 4) is 0 Å². The molecule has 1 atom stereocenters. The molecule has 0 aliphatic rings. The minimum atomic E-state index is -0.288. The van der Waals surface area contributed by atoms with Crippen molar-refractivity contribution < 1.29 is 9.26 Å². The van der Waals surface area contributed by atoms with E-state index in [-0.39, 0.29) is 6.04 Å². The molecule has 116 valence electrons. The van der Waals surface area contributed by atoms with E-state index >= 15 is 0 Å². The minimum Gasteiger partial charge on any atom is -0.379 e. The normalized spacial score (nSPS) is 12.8. The Morgan fingerprint density at radius 2 is 1.85 bits per heavy atom. The molecule has 20 heavy (non-hydrogen) atoms. The number of unbranched alkanes of at least 4 members (excludes halogenated alkanes) is 5. The summed E-state index contributed by atoms with van der Waals surface area (Å²) in [7, 11) is 0. The summed E-state index contributed by atoms with van der Waals surface area (Å²) >= 11 is 0. The molecule has 0 aromatic carbocycles. The predicted octanol–water partition coefficient (Wildman–Crippen LogP) is 3.40. The van der Waals surface area contributed by atoms with Crippen LogP contribution < -0.4 is 5.73 Å². The fourth-order valence-electron chi connectivity index (χ4n) is 2.01. The van der Waals surface area contributed by atoms with Gasteiger partial charge in [0, 0.05) is 13.0 Å². The van der Waals surface area contributed by atoms with Crippen molar-refractivity contribution in [1.29, 1.82) is 0 Å². The van der Waals surface area contributed by atoms with Gasteiger partial charge in [-0.1, -0.05) is 51.1 Å². The third kappa shape index (κ3) is 7.01. The van der Waals surface area contributed by atoms with Crippen LogP contribution in [-0.4, -0.2) is 23.4 Å². The lowest BCUT2D eigenvalue weighted by Crippen LogP contribution is -2.18. The summed E-state index contributed by atoms with van der Waals surface area (Å²) in [5, 5.41) is 3.93. The molecular formula is C15H29N3O2. The van der Waals surface area contributed by atoms with Crippen molar-refractivity contribution in [2.75, 3.05) is 13.2 Å². The number of hydrogen-bond donors (Lipinski definition) is 1. The van der Waals surface area contributed by atoms with Crippen molar-refractivity contribution in [2.45, 2.75) is 71.3 Å². The number of ether oxygens (including phenoxy) is 1. The van der Waals surface area contributed by atoms with Crippen LogP contribution in [0.4, 0.5) is 0 Å². The van der Waals surface area contributed by atoms with E-state index < -0.39 is 0 Å². The summed E-state index contributed by atoms with van der Waals surface area (Å²) in [5.74, 6) is 1.25. The van der Waals surface area contributed by atoms with Gasteiger partial charge >= 0.3 is 0 Å². The monoisotopic (exact) mass is 283 g/mol. The summed E-state index contributed by atoms with van der Waals surface area (Å²) in [6.07, 6.45) is 9.40. The summed E-state index contributed by atoms with van der Waals surface area (Å²) in [6, 6.07) is -0.288. The molecule has 0 bridgehead atoms. The first-order valence-electron chi connectivity index (χ1n) is 7.93. The predicted molar refractivity (Wildman–Crippen MR) is 79.4 cm³/mol. The van der Waals surface area contributed by atoms with Crippen LogP contribution in [0.15, 0.2) is 4.52 Å². The highest BCUT2D eigenvalue weighted by molar-refractivity contribution is 4.93. The molecule has 0 saturated carbocycles. The molecule has 0 spiro atoms. The molecule has 5 heteroatoms. The van der Waals surface area contributed by atoms with Gasteiger partial charge in [0.15, 0.2) is 5.82 Å². The Morgan fingerprint density at radius 1 is 1.10 bits per heavy atom.